The van der Waals surface area contributed by atoms with Crippen LogP contribution >= 0.6 is 0 Å². The normalized spacial score (nSPS) is 30.2. The summed E-state index contributed by atoms with van der Waals surface area (Å²) in [7, 11) is 0. The van der Waals surface area contributed by atoms with Crippen LogP contribution in [0.4, 0.5) is 0 Å². The molecule has 4 fully saturated rings. The van der Waals surface area contributed by atoms with Gasteiger partial charge in [-0.2, -0.15) is 0 Å². The monoisotopic (exact) mass is 864 g/mol. The molecule has 1 saturated heterocycles. The SMILES string of the molecule is CCCCC/C=C\C/C=C\CCCCCCCCOCC(CN1CCCCC1)OCCOCCO[C@H]1CC[C@@]2(C)C(=CCC3C4CCC([C@H](C)CCCC(C)C)[C@@]4(C)CCC32)C1. The Hall–Kier alpha value is -0.980. The first-order chi connectivity index (χ1) is 30.2. The van der Waals surface area contributed by atoms with Crippen molar-refractivity contribution in [1.82, 2.24) is 4.90 Å². The van der Waals surface area contributed by atoms with Crippen molar-refractivity contribution in [2.75, 3.05) is 59.3 Å². The van der Waals surface area contributed by atoms with Crippen LogP contribution in [0, 0.1) is 46.3 Å². The van der Waals surface area contributed by atoms with Gasteiger partial charge in [0.15, 0.2) is 0 Å². The Morgan fingerprint density at radius 3 is 2.23 bits per heavy atom. The fourth-order valence-electron chi connectivity index (χ4n) is 13.4. The number of unbranched alkanes of at least 4 members (excludes halogenated alkanes) is 9. The predicted octanol–water partition coefficient (Wildman–Crippen LogP) is 15.1. The quantitative estimate of drug-likeness (QED) is 0.0498. The number of ether oxygens (including phenoxy) is 4. The van der Waals surface area contributed by atoms with E-state index < -0.39 is 0 Å². The van der Waals surface area contributed by atoms with E-state index in [4.69, 9.17) is 18.9 Å². The highest BCUT2D eigenvalue weighted by atomic mass is 16.6. The van der Waals surface area contributed by atoms with Gasteiger partial charge < -0.3 is 23.8 Å². The Kier molecular flexibility index (Phi) is 24.3. The molecule has 0 amide bonds. The van der Waals surface area contributed by atoms with E-state index in [1.807, 2.05) is 0 Å². The summed E-state index contributed by atoms with van der Waals surface area (Å²) in [5.74, 6) is 5.37. The molecule has 0 N–H and O–H groups in total. The molecule has 358 valence electrons. The molecule has 9 atom stereocenters. The summed E-state index contributed by atoms with van der Waals surface area (Å²) < 4.78 is 25.2. The van der Waals surface area contributed by atoms with Crippen molar-refractivity contribution in [2.45, 2.75) is 221 Å². The van der Waals surface area contributed by atoms with Gasteiger partial charge in [-0.3, -0.25) is 0 Å². The Balaban J connectivity index is 0.912. The lowest BCUT2D eigenvalue weighted by Gasteiger charge is -2.58. The van der Waals surface area contributed by atoms with Crippen LogP contribution in [-0.2, 0) is 18.9 Å². The topological polar surface area (TPSA) is 40.2 Å². The maximum atomic E-state index is 6.52. The van der Waals surface area contributed by atoms with Crippen molar-refractivity contribution in [2.24, 2.45) is 46.3 Å². The summed E-state index contributed by atoms with van der Waals surface area (Å²) in [5.41, 5.74) is 2.68. The van der Waals surface area contributed by atoms with Crippen LogP contribution in [0.2, 0.25) is 0 Å². The molecule has 0 aromatic rings. The zero-order valence-corrected chi connectivity index (χ0v) is 41.8. The minimum Gasteiger partial charge on any atom is -0.379 e. The van der Waals surface area contributed by atoms with Crippen LogP contribution in [0.25, 0.3) is 0 Å². The largest absolute Gasteiger partial charge is 0.379 e. The molecular weight excluding hydrogens is 763 g/mol. The third kappa shape index (κ3) is 16.7. The Morgan fingerprint density at radius 1 is 0.710 bits per heavy atom. The summed E-state index contributed by atoms with van der Waals surface area (Å²) >= 11 is 0. The summed E-state index contributed by atoms with van der Waals surface area (Å²) in [6, 6.07) is 0. The minimum absolute atomic E-state index is 0.119. The minimum atomic E-state index is 0.119. The summed E-state index contributed by atoms with van der Waals surface area (Å²) in [4.78, 5) is 2.58. The molecule has 0 radical (unpaired) electrons. The smallest absolute Gasteiger partial charge is 0.0936 e. The molecule has 4 aliphatic carbocycles. The molecule has 62 heavy (non-hydrogen) atoms. The van der Waals surface area contributed by atoms with Gasteiger partial charge >= 0.3 is 0 Å². The van der Waals surface area contributed by atoms with E-state index in [9.17, 15) is 0 Å². The number of rotatable bonds is 32. The summed E-state index contributed by atoms with van der Waals surface area (Å²) in [6.07, 6.45) is 46.9. The maximum absolute atomic E-state index is 6.52. The molecule has 0 bridgehead atoms. The van der Waals surface area contributed by atoms with Crippen molar-refractivity contribution >= 4 is 0 Å². The number of hydrogen-bond acceptors (Lipinski definition) is 5. The zero-order valence-electron chi connectivity index (χ0n) is 41.8. The van der Waals surface area contributed by atoms with E-state index in [1.54, 1.807) is 5.57 Å². The van der Waals surface area contributed by atoms with Crippen LogP contribution in [0.1, 0.15) is 208 Å². The third-order valence-electron chi connectivity index (χ3n) is 17.1. The number of hydrogen-bond donors (Lipinski definition) is 0. The first-order valence-corrected chi connectivity index (χ1v) is 27.3. The molecule has 1 heterocycles. The highest BCUT2D eigenvalue weighted by Crippen LogP contribution is 2.67. The molecule has 1 aliphatic heterocycles. The average molecular weight is 864 g/mol. The van der Waals surface area contributed by atoms with Crippen LogP contribution < -0.4 is 0 Å². The average Bonchev–Trinajstić information content (AvgIpc) is 3.63. The van der Waals surface area contributed by atoms with Gasteiger partial charge in [-0.25, -0.2) is 0 Å². The molecule has 3 saturated carbocycles. The Morgan fingerprint density at radius 2 is 1.45 bits per heavy atom. The first-order valence-electron chi connectivity index (χ1n) is 27.3. The number of likely N-dealkylation sites (tertiary alicyclic amines) is 1. The molecule has 5 nitrogen and oxygen atoms in total. The van der Waals surface area contributed by atoms with Crippen molar-refractivity contribution in [3.8, 4) is 0 Å². The summed E-state index contributed by atoms with van der Waals surface area (Å²) in [6.45, 7) is 22.5. The van der Waals surface area contributed by atoms with Gasteiger partial charge in [0.25, 0.3) is 0 Å². The standard InChI is InChI=1S/C57H101NO4/c1-7-8-9-10-11-12-13-14-15-16-17-18-19-20-21-25-39-60-46-51(45-58-37-23-22-24-38-58)62-43-41-59-40-42-61-50-33-35-56(5)49(44-50)29-30-52-54-32-31-53(48(4)28-26-27-47(2)3)57(54,6)36-34-55(52)56/h11-12,14-15,29,47-48,50-55H,7-10,13,16-28,30-46H2,1-6H3/b12-11-,15-14-/t48-,50+,51?,52?,53?,54?,55?,56+,57-/m1/s1. The molecule has 0 spiro atoms. The van der Waals surface area contributed by atoms with Gasteiger partial charge in [0.05, 0.1) is 45.2 Å². The second-order valence-electron chi connectivity index (χ2n) is 22.2. The van der Waals surface area contributed by atoms with Crippen LogP contribution in [0.15, 0.2) is 36.0 Å². The zero-order chi connectivity index (χ0) is 43.9. The number of allylic oxidation sites excluding steroid dienone is 5. The van der Waals surface area contributed by atoms with Gasteiger partial charge in [-0.1, -0.05) is 142 Å². The molecule has 5 aliphatic rings. The van der Waals surface area contributed by atoms with E-state index in [0.717, 1.165) is 67.9 Å². The van der Waals surface area contributed by atoms with E-state index >= 15 is 0 Å². The second-order valence-corrected chi connectivity index (χ2v) is 22.2. The Bertz CT molecular complexity index is 1270. The van der Waals surface area contributed by atoms with E-state index in [0.29, 0.717) is 50.0 Å². The van der Waals surface area contributed by atoms with Gasteiger partial charge in [0.1, 0.15) is 0 Å². The van der Waals surface area contributed by atoms with Gasteiger partial charge in [0, 0.05) is 13.2 Å². The third-order valence-corrected chi connectivity index (χ3v) is 17.1. The molecule has 0 aromatic carbocycles. The van der Waals surface area contributed by atoms with Crippen LogP contribution in [0.5, 0.6) is 0 Å². The predicted molar refractivity (Wildman–Crippen MR) is 264 cm³/mol. The molecule has 5 unspecified atom stereocenters. The lowest BCUT2D eigenvalue weighted by Crippen LogP contribution is -2.51. The van der Waals surface area contributed by atoms with Gasteiger partial charge in [0.2, 0.25) is 0 Å². The molecule has 5 heteroatoms. The van der Waals surface area contributed by atoms with Crippen LogP contribution in [-0.4, -0.2) is 76.4 Å². The highest BCUT2D eigenvalue weighted by Gasteiger charge is 2.59. The maximum Gasteiger partial charge on any atom is 0.0936 e. The molecule has 0 aromatic heterocycles. The fraction of sp³-hybridized carbons (Fsp3) is 0.895. The second kappa shape index (κ2) is 28.9. The van der Waals surface area contributed by atoms with Crippen molar-refractivity contribution < 1.29 is 18.9 Å². The fourth-order valence-corrected chi connectivity index (χ4v) is 13.4. The van der Waals surface area contributed by atoms with Crippen molar-refractivity contribution in [1.29, 1.82) is 0 Å². The first kappa shape index (κ1) is 52.0. The summed E-state index contributed by atoms with van der Waals surface area (Å²) in [5, 5.41) is 0. The van der Waals surface area contributed by atoms with Crippen LogP contribution in [0.3, 0.4) is 0 Å². The number of fused-ring (bicyclic) bond motifs is 5. The van der Waals surface area contributed by atoms with E-state index in [1.165, 1.54) is 161 Å². The highest BCUT2D eigenvalue weighted by molar-refractivity contribution is 5.25. The lowest BCUT2D eigenvalue weighted by atomic mass is 9.47. The van der Waals surface area contributed by atoms with Gasteiger partial charge in [-0.05, 0) is 162 Å². The lowest BCUT2D eigenvalue weighted by molar-refractivity contribution is -0.0737. The van der Waals surface area contributed by atoms with Crippen molar-refractivity contribution in [3.05, 3.63) is 36.0 Å². The Labute approximate surface area is 384 Å². The van der Waals surface area contributed by atoms with Gasteiger partial charge in [-0.15, -0.1) is 0 Å². The van der Waals surface area contributed by atoms with E-state index in [-0.39, 0.29) is 6.10 Å². The van der Waals surface area contributed by atoms with E-state index in [2.05, 4.69) is 76.8 Å². The molecular formula is C57H101NO4. The molecule has 5 rings (SSSR count). The number of piperidine rings is 1. The van der Waals surface area contributed by atoms with Crippen molar-refractivity contribution in [3.63, 3.8) is 0 Å². The number of nitrogens with zero attached hydrogens (tertiary/aromatic N) is 1.